The highest BCUT2D eigenvalue weighted by Crippen LogP contribution is 2.31. The second kappa shape index (κ2) is 8.16. The number of halogens is 1. The van der Waals surface area contributed by atoms with Crippen LogP contribution in [-0.4, -0.2) is 56.3 Å². The van der Waals surface area contributed by atoms with Gasteiger partial charge in [-0.2, -0.15) is 0 Å². The first-order chi connectivity index (χ1) is 15.1. The molecule has 0 spiro atoms. The average Bonchev–Trinajstić information content (AvgIpc) is 3.51. The molecule has 9 nitrogen and oxygen atoms in total. The molecule has 1 aromatic carbocycles. The number of nitrogens with zero attached hydrogens (tertiary/aromatic N) is 5. The Bertz CT molecular complexity index is 1120. The lowest BCUT2D eigenvalue weighted by molar-refractivity contribution is -0.116. The van der Waals surface area contributed by atoms with Gasteiger partial charge >= 0.3 is 0 Å². The average molecular weight is 441 g/mol. The first kappa shape index (κ1) is 19.8. The number of benzene rings is 1. The number of aromatic nitrogens is 4. The Kier molecular flexibility index (Phi) is 5.20. The zero-order valence-electron chi connectivity index (χ0n) is 16.5. The van der Waals surface area contributed by atoms with Crippen LogP contribution in [0, 0.1) is 5.82 Å². The van der Waals surface area contributed by atoms with Crippen molar-refractivity contribution in [3.8, 4) is 11.3 Å². The Morgan fingerprint density at radius 3 is 2.94 bits per heavy atom. The summed E-state index contributed by atoms with van der Waals surface area (Å²) in [6, 6.07) is 3.27. The van der Waals surface area contributed by atoms with Crippen LogP contribution in [0.1, 0.15) is 34.8 Å². The van der Waals surface area contributed by atoms with Crippen molar-refractivity contribution in [3.05, 3.63) is 46.9 Å². The highest BCUT2D eigenvalue weighted by Gasteiger charge is 2.32. The summed E-state index contributed by atoms with van der Waals surface area (Å²) in [5.74, 6) is -1.24. The zero-order valence-corrected chi connectivity index (χ0v) is 17.4. The summed E-state index contributed by atoms with van der Waals surface area (Å²) < 4.78 is 16.7. The predicted molar refractivity (Wildman–Crippen MR) is 112 cm³/mol. The lowest BCUT2D eigenvalue weighted by Crippen LogP contribution is -2.33. The molecule has 0 bridgehead atoms. The van der Waals surface area contributed by atoms with Crippen molar-refractivity contribution in [1.29, 1.82) is 0 Å². The van der Waals surface area contributed by atoms with Gasteiger partial charge in [0.1, 0.15) is 18.1 Å². The third kappa shape index (κ3) is 3.93. The monoisotopic (exact) mass is 441 g/mol. The second-order valence-corrected chi connectivity index (χ2v) is 8.49. The molecule has 5 rings (SSSR count). The molecule has 0 radical (unpaired) electrons. The summed E-state index contributed by atoms with van der Waals surface area (Å²) in [6.45, 7) is 1.72. The van der Waals surface area contributed by atoms with E-state index in [1.54, 1.807) is 23.8 Å². The number of nitrogens with one attached hydrogen (secondary N) is 2. The molecule has 2 aliphatic rings. The van der Waals surface area contributed by atoms with Crippen LogP contribution in [0.5, 0.6) is 0 Å². The zero-order chi connectivity index (χ0) is 21.4. The van der Waals surface area contributed by atoms with Crippen molar-refractivity contribution in [2.45, 2.75) is 25.4 Å². The number of fused-ring (bicyclic) bond motifs is 1. The largest absolute Gasteiger partial charge is 0.325 e. The van der Waals surface area contributed by atoms with Crippen LogP contribution in [0.2, 0.25) is 0 Å². The van der Waals surface area contributed by atoms with E-state index in [1.807, 2.05) is 4.68 Å². The number of carbonyl (C=O) groups is 2. The number of carbonyl (C=O) groups excluding carboxylic acids is 2. The number of anilines is 1. The van der Waals surface area contributed by atoms with E-state index < -0.39 is 5.82 Å². The van der Waals surface area contributed by atoms with Crippen LogP contribution in [0.4, 0.5) is 9.52 Å². The molecule has 2 aliphatic heterocycles. The molecule has 31 heavy (non-hydrogen) atoms. The van der Waals surface area contributed by atoms with E-state index in [-0.39, 0.29) is 36.5 Å². The molecule has 4 heterocycles. The minimum Gasteiger partial charge on any atom is -0.325 e. The molecule has 2 N–H and O–H groups in total. The Morgan fingerprint density at radius 1 is 1.32 bits per heavy atom. The number of amides is 2. The van der Waals surface area contributed by atoms with Crippen molar-refractivity contribution in [3.63, 3.8) is 0 Å². The highest BCUT2D eigenvalue weighted by atomic mass is 32.1. The van der Waals surface area contributed by atoms with Gasteiger partial charge < -0.3 is 15.5 Å². The van der Waals surface area contributed by atoms with Crippen molar-refractivity contribution in [1.82, 2.24) is 30.2 Å². The van der Waals surface area contributed by atoms with E-state index in [0.717, 1.165) is 25.9 Å². The molecule has 11 heteroatoms. The number of rotatable bonds is 5. The van der Waals surface area contributed by atoms with E-state index in [9.17, 15) is 14.0 Å². The topological polar surface area (TPSA) is 105 Å². The fraction of sp³-hybridized carbons (Fsp3) is 0.350. The van der Waals surface area contributed by atoms with Crippen LogP contribution in [0.25, 0.3) is 11.3 Å². The minimum absolute atomic E-state index is 0.0489. The van der Waals surface area contributed by atoms with Gasteiger partial charge in [0.15, 0.2) is 5.13 Å². The maximum absolute atomic E-state index is 14.8. The maximum atomic E-state index is 14.8. The second-order valence-electron chi connectivity index (χ2n) is 7.60. The number of thiazole rings is 1. The number of piperidine rings is 1. The first-order valence-corrected chi connectivity index (χ1v) is 10.9. The quantitative estimate of drug-likeness (QED) is 0.628. The van der Waals surface area contributed by atoms with Gasteiger partial charge in [0.2, 0.25) is 5.91 Å². The van der Waals surface area contributed by atoms with E-state index in [0.29, 0.717) is 22.0 Å². The molecule has 2 amide bonds. The van der Waals surface area contributed by atoms with E-state index in [4.69, 9.17) is 0 Å². The number of hydrogen-bond donors (Lipinski definition) is 2. The van der Waals surface area contributed by atoms with Crippen LogP contribution in [0.15, 0.2) is 29.9 Å². The Balaban J connectivity index is 1.33. The molecule has 1 fully saturated rings. The lowest BCUT2D eigenvalue weighted by atomic mass is 10.0. The smallest absolute Gasteiger partial charge is 0.255 e. The SMILES string of the molecule is O=C(CN1Cc2c(F)cc(-c3cn(C4CCNCC4)nn3)cc2C1=O)Nc1nccs1. The first-order valence-electron chi connectivity index (χ1n) is 10.0. The van der Waals surface area contributed by atoms with Gasteiger partial charge in [-0.3, -0.25) is 9.59 Å². The molecule has 0 aliphatic carbocycles. The van der Waals surface area contributed by atoms with Crippen molar-refractivity contribution < 1.29 is 14.0 Å². The molecule has 1 saturated heterocycles. The fourth-order valence-electron chi connectivity index (χ4n) is 3.97. The molecule has 0 saturated carbocycles. The fourth-order valence-corrected chi connectivity index (χ4v) is 4.52. The van der Waals surface area contributed by atoms with Crippen LogP contribution >= 0.6 is 11.3 Å². The molecule has 3 aromatic rings. The third-order valence-corrected chi connectivity index (χ3v) is 6.25. The molecule has 160 valence electrons. The summed E-state index contributed by atoms with van der Waals surface area (Å²) in [4.78, 5) is 30.4. The van der Waals surface area contributed by atoms with Crippen LogP contribution in [-0.2, 0) is 11.3 Å². The minimum atomic E-state index is -0.486. The van der Waals surface area contributed by atoms with Gasteiger partial charge in [-0.15, -0.1) is 16.4 Å². The van der Waals surface area contributed by atoms with Gasteiger partial charge in [-0.25, -0.2) is 14.1 Å². The third-order valence-electron chi connectivity index (χ3n) is 5.56. The summed E-state index contributed by atoms with van der Waals surface area (Å²) in [6.07, 6.45) is 5.29. The molecule has 2 aromatic heterocycles. The Labute approximate surface area is 181 Å². The van der Waals surface area contributed by atoms with Crippen molar-refractivity contribution in [2.24, 2.45) is 0 Å². The van der Waals surface area contributed by atoms with E-state index in [1.165, 1.54) is 22.3 Å². The number of hydrogen-bond acceptors (Lipinski definition) is 7. The summed E-state index contributed by atoms with van der Waals surface area (Å²) in [5, 5.41) is 16.5. The normalized spacial score (nSPS) is 16.5. The van der Waals surface area contributed by atoms with E-state index in [2.05, 4.69) is 25.9 Å². The van der Waals surface area contributed by atoms with Crippen LogP contribution < -0.4 is 10.6 Å². The molecule has 0 unspecified atom stereocenters. The summed E-state index contributed by atoms with van der Waals surface area (Å²) in [5.41, 5.74) is 1.57. The van der Waals surface area contributed by atoms with Crippen LogP contribution in [0.3, 0.4) is 0 Å². The summed E-state index contributed by atoms with van der Waals surface area (Å²) in [7, 11) is 0. The van der Waals surface area contributed by atoms with Gasteiger partial charge in [0.25, 0.3) is 5.91 Å². The lowest BCUT2D eigenvalue weighted by Gasteiger charge is -2.22. The Morgan fingerprint density at radius 2 is 2.16 bits per heavy atom. The van der Waals surface area contributed by atoms with Crippen molar-refractivity contribution >= 4 is 28.3 Å². The van der Waals surface area contributed by atoms with Gasteiger partial charge in [0.05, 0.1) is 18.8 Å². The van der Waals surface area contributed by atoms with E-state index >= 15 is 0 Å². The highest BCUT2D eigenvalue weighted by molar-refractivity contribution is 7.13. The van der Waals surface area contributed by atoms with Crippen molar-refractivity contribution in [2.75, 3.05) is 25.0 Å². The molecular formula is C20H20FN7O2S. The van der Waals surface area contributed by atoms with Gasteiger partial charge in [0, 0.05) is 28.3 Å². The van der Waals surface area contributed by atoms with Gasteiger partial charge in [-0.1, -0.05) is 5.21 Å². The van der Waals surface area contributed by atoms with Gasteiger partial charge in [-0.05, 0) is 38.1 Å². The predicted octanol–water partition coefficient (Wildman–Crippen LogP) is 2.06. The maximum Gasteiger partial charge on any atom is 0.255 e. The molecule has 0 atom stereocenters. The Hall–Kier alpha value is -3.18. The summed E-state index contributed by atoms with van der Waals surface area (Å²) >= 11 is 1.29. The standard InChI is InChI=1S/C20H20FN7O2S/c21-16-8-12(17-10-28(26-25-17)13-1-3-22-4-2-13)7-14-15(16)9-27(19(14)30)11-18(29)24-20-23-5-6-31-20/h5-8,10,13,22H,1-4,9,11H2,(H,23,24,29). The molecular weight excluding hydrogens is 421 g/mol.